The van der Waals surface area contributed by atoms with Crippen molar-refractivity contribution in [1.29, 1.82) is 0 Å². The van der Waals surface area contributed by atoms with Crippen LogP contribution in [0, 0.1) is 0 Å². The molecule has 1 N–H and O–H groups in total. The molecular weight excluding hydrogens is 198 g/mol. The molecule has 0 spiro atoms. The highest BCUT2D eigenvalue weighted by Crippen LogP contribution is 2.05. The lowest BCUT2D eigenvalue weighted by Gasteiger charge is -2.00. The maximum absolute atomic E-state index is 11.4. The molecule has 0 unspecified atom stereocenters. The van der Waals surface area contributed by atoms with E-state index in [0.29, 0.717) is 11.2 Å². The largest absolute Gasteiger partial charge is 0.449 e. The Kier molecular flexibility index (Phi) is 2.24. The van der Waals surface area contributed by atoms with E-state index in [1.165, 1.54) is 6.20 Å². The van der Waals surface area contributed by atoms with Gasteiger partial charge in [-0.05, 0) is 19.1 Å². The molecule has 6 nitrogen and oxygen atoms in total. The standard InChI is InChI=1S/C9H9N3O3/c1-2-15-9(14)12-6-4-3-5-10-7(6)11-8(12)13/h3-5H,2H2,1H3,(H,10,11,13). The summed E-state index contributed by atoms with van der Waals surface area (Å²) in [6.07, 6.45) is 0.843. The first-order valence-electron chi connectivity index (χ1n) is 4.47. The fourth-order valence-corrected chi connectivity index (χ4v) is 1.31. The van der Waals surface area contributed by atoms with Crippen LogP contribution in [0.25, 0.3) is 11.2 Å². The van der Waals surface area contributed by atoms with Gasteiger partial charge in [0.05, 0.1) is 12.1 Å². The first kappa shape index (κ1) is 9.45. The molecule has 0 aliphatic rings. The molecule has 2 aromatic rings. The maximum atomic E-state index is 11.4. The quantitative estimate of drug-likeness (QED) is 0.747. The lowest BCUT2D eigenvalue weighted by atomic mass is 10.4. The second-order valence-corrected chi connectivity index (χ2v) is 2.84. The number of imidazole rings is 1. The second-order valence-electron chi connectivity index (χ2n) is 2.84. The normalized spacial score (nSPS) is 10.5. The van der Waals surface area contributed by atoms with E-state index in [0.717, 1.165) is 4.57 Å². The Morgan fingerprint density at radius 1 is 1.67 bits per heavy atom. The van der Waals surface area contributed by atoms with E-state index < -0.39 is 11.8 Å². The highest BCUT2D eigenvalue weighted by Gasteiger charge is 2.14. The number of hydrogen-bond donors (Lipinski definition) is 1. The minimum atomic E-state index is -0.693. The van der Waals surface area contributed by atoms with Crippen LogP contribution >= 0.6 is 0 Å². The zero-order chi connectivity index (χ0) is 10.8. The Hall–Kier alpha value is -2.11. The van der Waals surface area contributed by atoms with Gasteiger partial charge in [-0.1, -0.05) is 0 Å². The summed E-state index contributed by atoms with van der Waals surface area (Å²) in [6, 6.07) is 3.27. The number of carbonyl (C=O) groups is 1. The summed E-state index contributed by atoms with van der Waals surface area (Å²) in [6.45, 7) is 1.90. The van der Waals surface area contributed by atoms with Crippen molar-refractivity contribution in [2.24, 2.45) is 0 Å². The van der Waals surface area contributed by atoms with Gasteiger partial charge < -0.3 is 4.74 Å². The van der Waals surface area contributed by atoms with Crippen LogP contribution in [-0.2, 0) is 4.74 Å². The van der Waals surface area contributed by atoms with Crippen molar-refractivity contribution in [2.45, 2.75) is 6.92 Å². The molecule has 78 valence electrons. The Balaban J connectivity index is 2.64. The number of pyridine rings is 1. The highest BCUT2D eigenvalue weighted by atomic mass is 16.5. The molecule has 0 aromatic carbocycles. The van der Waals surface area contributed by atoms with Crippen LogP contribution in [0.1, 0.15) is 6.92 Å². The van der Waals surface area contributed by atoms with Crippen molar-refractivity contribution in [3.63, 3.8) is 0 Å². The predicted molar refractivity (Wildman–Crippen MR) is 52.8 cm³/mol. The lowest BCUT2D eigenvalue weighted by molar-refractivity contribution is 0.154. The second kappa shape index (κ2) is 3.56. The first-order valence-corrected chi connectivity index (χ1v) is 4.47. The third kappa shape index (κ3) is 1.50. The molecule has 0 amide bonds. The van der Waals surface area contributed by atoms with Gasteiger partial charge in [0.2, 0.25) is 0 Å². The summed E-state index contributed by atoms with van der Waals surface area (Å²) in [5.41, 5.74) is 0.249. The first-order chi connectivity index (χ1) is 7.24. The minimum Gasteiger partial charge on any atom is -0.449 e. The number of ether oxygens (including phenoxy) is 1. The van der Waals surface area contributed by atoms with E-state index >= 15 is 0 Å². The van der Waals surface area contributed by atoms with E-state index in [9.17, 15) is 9.59 Å². The smallest absolute Gasteiger partial charge is 0.422 e. The number of hydrogen-bond acceptors (Lipinski definition) is 4. The van der Waals surface area contributed by atoms with E-state index in [4.69, 9.17) is 4.74 Å². The molecule has 0 aliphatic carbocycles. The Morgan fingerprint density at radius 3 is 3.20 bits per heavy atom. The SMILES string of the molecule is CCOC(=O)n1c(=O)[nH]c2ncccc21. The van der Waals surface area contributed by atoms with Crippen molar-refractivity contribution < 1.29 is 9.53 Å². The number of nitrogens with zero attached hydrogens (tertiary/aromatic N) is 2. The Labute approximate surface area is 84.5 Å². The fourth-order valence-electron chi connectivity index (χ4n) is 1.31. The molecule has 6 heteroatoms. The zero-order valence-electron chi connectivity index (χ0n) is 8.06. The monoisotopic (exact) mass is 207 g/mol. The van der Waals surface area contributed by atoms with Crippen LogP contribution in [-0.4, -0.2) is 27.2 Å². The predicted octanol–water partition coefficient (Wildman–Crippen LogP) is 0.729. The van der Waals surface area contributed by atoms with Crippen LogP contribution in [0.3, 0.4) is 0 Å². The molecule has 0 saturated carbocycles. The molecular formula is C9H9N3O3. The van der Waals surface area contributed by atoms with Crippen LogP contribution in [0.2, 0.25) is 0 Å². The molecule has 15 heavy (non-hydrogen) atoms. The fraction of sp³-hybridized carbons (Fsp3) is 0.222. The average Bonchev–Trinajstić information content (AvgIpc) is 2.54. The number of fused-ring (bicyclic) bond motifs is 1. The van der Waals surface area contributed by atoms with Crippen LogP contribution in [0.4, 0.5) is 4.79 Å². The lowest BCUT2D eigenvalue weighted by Crippen LogP contribution is -2.25. The number of aromatic nitrogens is 3. The van der Waals surface area contributed by atoms with Gasteiger partial charge in [-0.25, -0.2) is 14.6 Å². The van der Waals surface area contributed by atoms with Gasteiger partial charge in [-0.2, -0.15) is 4.57 Å². The van der Waals surface area contributed by atoms with Gasteiger partial charge in [-0.15, -0.1) is 0 Å². The van der Waals surface area contributed by atoms with E-state index in [2.05, 4.69) is 9.97 Å². The average molecular weight is 207 g/mol. The molecule has 2 heterocycles. The molecule has 2 aromatic heterocycles. The van der Waals surface area contributed by atoms with Crippen LogP contribution < -0.4 is 5.69 Å². The van der Waals surface area contributed by atoms with Gasteiger partial charge in [0.15, 0.2) is 5.65 Å². The molecule has 0 atom stereocenters. The number of nitrogens with one attached hydrogen (secondary N) is 1. The molecule has 0 aliphatic heterocycles. The summed E-state index contributed by atoms with van der Waals surface area (Å²) in [7, 11) is 0. The van der Waals surface area contributed by atoms with Gasteiger partial charge in [0.25, 0.3) is 0 Å². The highest BCUT2D eigenvalue weighted by molar-refractivity contribution is 5.84. The molecule has 0 fully saturated rings. The van der Waals surface area contributed by atoms with E-state index in [1.54, 1.807) is 19.1 Å². The minimum absolute atomic E-state index is 0.220. The zero-order valence-corrected chi connectivity index (χ0v) is 8.06. The Morgan fingerprint density at radius 2 is 2.47 bits per heavy atom. The number of carbonyl (C=O) groups excluding carboxylic acids is 1. The third-order valence-corrected chi connectivity index (χ3v) is 1.91. The van der Waals surface area contributed by atoms with Crippen LogP contribution in [0.15, 0.2) is 23.1 Å². The van der Waals surface area contributed by atoms with Gasteiger partial charge >= 0.3 is 11.8 Å². The van der Waals surface area contributed by atoms with Gasteiger partial charge in [-0.3, -0.25) is 4.98 Å². The Bertz CT molecular complexity index is 555. The van der Waals surface area contributed by atoms with Crippen molar-refractivity contribution in [1.82, 2.24) is 14.5 Å². The van der Waals surface area contributed by atoms with Crippen molar-refractivity contribution in [3.05, 3.63) is 28.8 Å². The van der Waals surface area contributed by atoms with E-state index in [1.807, 2.05) is 0 Å². The molecule has 0 saturated heterocycles. The molecule has 0 bridgehead atoms. The summed E-state index contributed by atoms with van der Waals surface area (Å²) in [4.78, 5) is 29.2. The summed E-state index contributed by atoms with van der Waals surface area (Å²) < 4.78 is 5.67. The number of aromatic amines is 1. The van der Waals surface area contributed by atoms with Gasteiger partial charge in [0.1, 0.15) is 0 Å². The van der Waals surface area contributed by atoms with E-state index in [-0.39, 0.29) is 6.61 Å². The third-order valence-electron chi connectivity index (χ3n) is 1.91. The summed E-state index contributed by atoms with van der Waals surface area (Å²) in [5.74, 6) is 0. The van der Waals surface area contributed by atoms with Crippen molar-refractivity contribution >= 4 is 17.3 Å². The van der Waals surface area contributed by atoms with Gasteiger partial charge in [0, 0.05) is 6.20 Å². The van der Waals surface area contributed by atoms with Crippen molar-refractivity contribution in [3.8, 4) is 0 Å². The molecule has 0 radical (unpaired) electrons. The summed E-state index contributed by atoms with van der Waals surface area (Å²) >= 11 is 0. The number of H-pyrrole nitrogens is 1. The number of rotatable bonds is 1. The maximum Gasteiger partial charge on any atom is 0.422 e. The van der Waals surface area contributed by atoms with Crippen molar-refractivity contribution in [2.75, 3.05) is 6.61 Å². The summed E-state index contributed by atoms with van der Waals surface area (Å²) in [5, 5.41) is 0. The topological polar surface area (TPSA) is 77.0 Å². The van der Waals surface area contributed by atoms with Crippen LogP contribution in [0.5, 0.6) is 0 Å². The molecule has 2 rings (SSSR count).